The van der Waals surface area contributed by atoms with E-state index in [2.05, 4.69) is 5.32 Å². The first-order chi connectivity index (χ1) is 12.0. The molecular weight excluding hydrogens is 372 g/mol. The van der Waals surface area contributed by atoms with Gasteiger partial charge in [-0.1, -0.05) is 29.8 Å². The summed E-state index contributed by atoms with van der Waals surface area (Å²) in [5.41, 5.74) is 3.93. The maximum absolute atomic E-state index is 12.7. The minimum Gasteiger partial charge on any atom is -0.345 e. The molecule has 1 amide bonds. The molecule has 0 aliphatic carbocycles. The van der Waals surface area contributed by atoms with Crippen molar-refractivity contribution >= 4 is 33.2 Å². The minimum absolute atomic E-state index is 0.214. The largest absolute Gasteiger partial charge is 0.345 e. The Morgan fingerprint density at radius 2 is 1.77 bits per heavy atom. The van der Waals surface area contributed by atoms with Crippen molar-refractivity contribution in [2.24, 2.45) is 0 Å². The molecule has 26 heavy (non-hydrogen) atoms. The average molecular weight is 395 g/mol. The van der Waals surface area contributed by atoms with Crippen molar-refractivity contribution in [1.82, 2.24) is 5.32 Å². The van der Waals surface area contributed by atoms with Crippen LogP contribution >= 0.6 is 11.6 Å². The van der Waals surface area contributed by atoms with Crippen LogP contribution in [0.4, 0.5) is 5.69 Å². The molecule has 0 unspecified atom stereocenters. The van der Waals surface area contributed by atoms with E-state index in [4.69, 9.17) is 11.6 Å². The Kier molecular flexibility index (Phi) is 5.98. The molecule has 0 saturated heterocycles. The molecule has 0 saturated carbocycles. The molecule has 140 valence electrons. The van der Waals surface area contributed by atoms with Gasteiger partial charge < -0.3 is 5.32 Å². The SMILES string of the molecule is Cc1ccc([C@@H](C)NC(=O)c2cc(N(C)S(C)(=O)=O)ccc2Cl)cc1C. The van der Waals surface area contributed by atoms with Crippen molar-refractivity contribution in [2.75, 3.05) is 17.6 Å². The standard InChI is InChI=1S/C19H23ClN2O3S/c1-12-6-7-15(10-13(12)2)14(3)21-19(23)17-11-16(8-9-18(17)20)22(4)26(5,24)25/h6-11,14H,1-5H3,(H,21,23)/t14-/m1/s1. The van der Waals surface area contributed by atoms with Crippen LogP contribution in [0.1, 0.15) is 40.0 Å². The number of rotatable bonds is 5. The maximum Gasteiger partial charge on any atom is 0.253 e. The fraction of sp³-hybridized carbons (Fsp3) is 0.316. The first-order valence-corrected chi connectivity index (χ1v) is 10.3. The Morgan fingerprint density at radius 1 is 1.12 bits per heavy atom. The third kappa shape index (κ3) is 4.56. The molecule has 0 spiro atoms. The van der Waals surface area contributed by atoms with E-state index in [1.165, 1.54) is 24.7 Å². The average Bonchev–Trinajstić information content (AvgIpc) is 2.56. The topological polar surface area (TPSA) is 66.5 Å². The molecule has 0 aliphatic rings. The van der Waals surface area contributed by atoms with Crippen LogP contribution in [0.2, 0.25) is 5.02 Å². The van der Waals surface area contributed by atoms with Crippen molar-refractivity contribution in [2.45, 2.75) is 26.8 Å². The van der Waals surface area contributed by atoms with Crippen LogP contribution in [-0.4, -0.2) is 27.6 Å². The lowest BCUT2D eigenvalue weighted by molar-refractivity contribution is 0.0940. The molecule has 0 fully saturated rings. The molecule has 1 N–H and O–H groups in total. The van der Waals surface area contributed by atoms with Crippen LogP contribution in [0.5, 0.6) is 0 Å². The number of hydrogen-bond donors (Lipinski definition) is 1. The number of nitrogens with one attached hydrogen (secondary N) is 1. The first-order valence-electron chi connectivity index (χ1n) is 8.12. The third-order valence-electron chi connectivity index (χ3n) is 4.43. The summed E-state index contributed by atoms with van der Waals surface area (Å²) in [5, 5.41) is 3.18. The van der Waals surface area contributed by atoms with Crippen LogP contribution < -0.4 is 9.62 Å². The number of amides is 1. The molecule has 0 radical (unpaired) electrons. The third-order valence-corrected chi connectivity index (χ3v) is 5.97. The number of aryl methyl sites for hydroxylation is 2. The van der Waals surface area contributed by atoms with Crippen LogP contribution in [0, 0.1) is 13.8 Å². The Balaban J connectivity index is 2.27. The quantitative estimate of drug-likeness (QED) is 0.837. The summed E-state index contributed by atoms with van der Waals surface area (Å²) in [4.78, 5) is 12.7. The zero-order chi connectivity index (χ0) is 19.6. The van der Waals surface area contributed by atoms with E-state index in [9.17, 15) is 13.2 Å². The zero-order valence-corrected chi connectivity index (χ0v) is 17.1. The second kappa shape index (κ2) is 7.68. The summed E-state index contributed by atoms with van der Waals surface area (Å²) in [6.07, 6.45) is 1.10. The number of benzene rings is 2. The van der Waals surface area contributed by atoms with Gasteiger partial charge in [0, 0.05) is 7.05 Å². The minimum atomic E-state index is -3.43. The van der Waals surface area contributed by atoms with Crippen molar-refractivity contribution in [1.29, 1.82) is 0 Å². The number of sulfonamides is 1. The highest BCUT2D eigenvalue weighted by atomic mass is 35.5. The summed E-state index contributed by atoms with van der Waals surface area (Å²) in [6, 6.07) is 10.4. The van der Waals surface area contributed by atoms with Gasteiger partial charge in [0.25, 0.3) is 5.91 Å². The van der Waals surface area contributed by atoms with Crippen LogP contribution in [-0.2, 0) is 10.0 Å². The van der Waals surface area contributed by atoms with Gasteiger partial charge in [0.2, 0.25) is 10.0 Å². The van der Waals surface area contributed by atoms with Crippen molar-refractivity contribution in [3.05, 3.63) is 63.7 Å². The van der Waals surface area contributed by atoms with E-state index in [-0.39, 0.29) is 22.5 Å². The van der Waals surface area contributed by atoms with E-state index in [0.29, 0.717) is 5.69 Å². The van der Waals surface area contributed by atoms with Crippen LogP contribution in [0.25, 0.3) is 0 Å². The summed E-state index contributed by atoms with van der Waals surface area (Å²) in [6.45, 7) is 5.95. The number of anilines is 1. The number of halogens is 1. The Hall–Kier alpha value is -2.05. The van der Waals surface area contributed by atoms with Gasteiger partial charge in [-0.25, -0.2) is 8.42 Å². The number of nitrogens with zero attached hydrogens (tertiary/aromatic N) is 1. The van der Waals surface area contributed by atoms with E-state index in [1.807, 2.05) is 39.0 Å². The van der Waals surface area contributed by atoms with Gasteiger partial charge in [-0.3, -0.25) is 9.10 Å². The second-order valence-corrected chi connectivity index (χ2v) is 8.85. The first kappa shape index (κ1) is 20.3. The molecule has 2 aromatic rings. The van der Waals surface area contributed by atoms with E-state index in [0.717, 1.165) is 21.7 Å². The second-order valence-electron chi connectivity index (χ2n) is 6.43. The summed E-state index contributed by atoms with van der Waals surface area (Å²) in [5.74, 6) is -0.357. The van der Waals surface area contributed by atoms with Gasteiger partial charge in [0.1, 0.15) is 0 Å². The lowest BCUT2D eigenvalue weighted by atomic mass is 10.0. The van der Waals surface area contributed by atoms with Gasteiger partial charge in [-0.05, 0) is 55.7 Å². The molecule has 1 atom stereocenters. The summed E-state index contributed by atoms with van der Waals surface area (Å²) in [7, 11) is -2.00. The van der Waals surface area contributed by atoms with Gasteiger partial charge in [0.05, 0.1) is 28.6 Å². The highest BCUT2D eigenvalue weighted by Gasteiger charge is 2.18. The molecule has 0 aliphatic heterocycles. The van der Waals surface area contributed by atoms with Crippen molar-refractivity contribution in [3.8, 4) is 0 Å². The van der Waals surface area contributed by atoms with E-state index in [1.54, 1.807) is 6.07 Å². The van der Waals surface area contributed by atoms with E-state index < -0.39 is 10.0 Å². The molecule has 2 rings (SSSR count). The van der Waals surface area contributed by atoms with Crippen LogP contribution in [0.15, 0.2) is 36.4 Å². The van der Waals surface area contributed by atoms with Gasteiger partial charge in [0.15, 0.2) is 0 Å². The Bertz CT molecular complexity index is 942. The Labute approximate surface area is 160 Å². The van der Waals surface area contributed by atoms with Crippen molar-refractivity contribution < 1.29 is 13.2 Å². The highest BCUT2D eigenvalue weighted by molar-refractivity contribution is 7.92. The summed E-state index contributed by atoms with van der Waals surface area (Å²) < 4.78 is 24.5. The molecule has 7 heteroatoms. The predicted molar refractivity (Wildman–Crippen MR) is 106 cm³/mol. The molecular formula is C19H23ClN2O3S. The fourth-order valence-electron chi connectivity index (χ4n) is 2.47. The number of carbonyl (C=O) groups excluding carboxylic acids is 1. The monoisotopic (exact) mass is 394 g/mol. The molecule has 0 heterocycles. The lowest BCUT2D eigenvalue weighted by Crippen LogP contribution is -2.28. The van der Waals surface area contributed by atoms with E-state index >= 15 is 0 Å². The molecule has 0 aromatic heterocycles. The predicted octanol–water partition coefficient (Wildman–Crippen LogP) is 3.84. The van der Waals surface area contributed by atoms with Gasteiger partial charge >= 0.3 is 0 Å². The fourth-order valence-corrected chi connectivity index (χ4v) is 3.17. The summed E-state index contributed by atoms with van der Waals surface area (Å²) >= 11 is 6.16. The highest BCUT2D eigenvalue weighted by Crippen LogP contribution is 2.25. The van der Waals surface area contributed by atoms with Crippen LogP contribution in [0.3, 0.4) is 0 Å². The molecule has 2 aromatic carbocycles. The van der Waals surface area contributed by atoms with Gasteiger partial charge in [-0.2, -0.15) is 0 Å². The maximum atomic E-state index is 12.7. The Morgan fingerprint density at radius 3 is 2.35 bits per heavy atom. The lowest BCUT2D eigenvalue weighted by Gasteiger charge is -2.19. The smallest absolute Gasteiger partial charge is 0.253 e. The van der Waals surface area contributed by atoms with Gasteiger partial charge in [-0.15, -0.1) is 0 Å². The molecule has 5 nitrogen and oxygen atoms in total. The molecule has 0 bridgehead atoms. The van der Waals surface area contributed by atoms with Crippen molar-refractivity contribution in [3.63, 3.8) is 0 Å². The normalized spacial score (nSPS) is 12.5. The zero-order valence-electron chi connectivity index (χ0n) is 15.5. The number of carbonyl (C=O) groups is 1. The number of hydrogen-bond acceptors (Lipinski definition) is 3.